The lowest BCUT2D eigenvalue weighted by molar-refractivity contribution is 0.499. The van der Waals surface area contributed by atoms with Crippen molar-refractivity contribution in [3.63, 3.8) is 0 Å². The molecule has 1 aliphatic rings. The van der Waals surface area contributed by atoms with Crippen molar-refractivity contribution in [2.45, 2.75) is 19.9 Å². The van der Waals surface area contributed by atoms with Crippen molar-refractivity contribution in [3.05, 3.63) is 29.6 Å². The van der Waals surface area contributed by atoms with Gasteiger partial charge in [0, 0.05) is 31.4 Å². The molecule has 1 aromatic rings. The highest BCUT2D eigenvalue weighted by molar-refractivity contribution is 5.54. The van der Waals surface area contributed by atoms with Gasteiger partial charge in [-0.2, -0.15) is 0 Å². The summed E-state index contributed by atoms with van der Waals surface area (Å²) in [5.41, 5.74) is 2.18. The van der Waals surface area contributed by atoms with E-state index in [2.05, 4.69) is 17.1 Å². The number of nitrogens with zero attached hydrogens (tertiary/aromatic N) is 1. The van der Waals surface area contributed by atoms with Gasteiger partial charge in [0.05, 0.1) is 0 Å². The first-order valence-corrected chi connectivity index (χ1v) is 5.42. The van der Waals surface area contributed by atoms with Gasteiger partial charge in [-0.1, -0.05) is 6.07 Å². The number of hydrogen-bond donors (Lipinski definition) is 1. The second-order valence-corrected chi connectivity index (χ2v) is 4.18. The molecule has 3 heteroatoms. The zero-order valence-corrected chi connectivity index (χ0v) is 9.26. The van der Waals surface area contributed by atoms with E-state index in [0.717, 1.165) is 30.9 Å². The number of hydrogen-bond acceptors (Lipinski definition) is 2. The maximum absolute atomic E-state index is 13.2. The first-order chi connectivity index (χ1) is 7.18. The molecule has 15 heavy (non-hydrogen) atoms. The molecule has 1 heterocycles. The molecule has 2 rings (SSSR count). The van der Waals surface area contributed by atoms with E-state index in [4.69, 9.17) is 0 Å². The Morgan fingerprint density at radius 3 is 3.00 bits per heavy atom. The molecular weight excluding hydrogens is 191 g/mol. The minimum Gasteiger partial charge on any atom is -0.366 e. The van der Waals surface area contributed by atoms with Gasteiger partial charge in [0.25, 0.3) is 0 Å². The Kier molecular flexibility index (Phi) is 2.91. The Labute approximate surface area is 90.1 Å². The Morgan fingerprint density at radius 2 is 2.27 bits per heavy atom. The fraction of sp³-hybridized carbons (Fsp3) is 0.500. The predicted molar refractivity (Wildman–Crippen MR) is 60.8 cm³/mol. The third kappa shape index (κ3) is 2.12. The van der Waals surface area contributed by atoms with Crippen LogP contribution < -0.4 is 10.2 Å². The highest BCUT2D eigenvalue weighted by Gasteiger charge is 2.19. The van der Waals surface area contributed by atoms with Crippen LogP contribution in [0.25, 0.3) is 0 Å². The van der Waals surface area contributed by atoms with Gasteiger partial charge in [0.1, 0.15) is 5.82 Å². The van der Waals surface area contributed by atoms with E-state index >= 15 is 0 Å². The van der Waals surface area contributed by atoms with Gasteiger partial charge in [-0.05, 0) is 31.5 Å². The van der Waals surface area contributed by atoms with E-state index < -0.39 is 0 Å². The predicted octanol–water partition coefficient (Wildman–Crippen LogP) is 1.93. The second-order valence-electron chi connectivity index (χ2n) is 4.18. The summed E-state index contributed by atoms with van der Waals surface area (Å²) in [7, 11) is 0. The highest BCUT2D eigenvalue weighted by Crippen LogP contribution is 2.23. The van der Waals surface area contributed by atoms with Crippen molar-refractivity contribution in [2.24, 2.45) is 0 Å². The third-order valence-electron chi connectivity index (χ3n) is 2.98. The maximum Gasteiger partial charge on any atom is 0.125 e. The lowest BCUT2D eigenvalue weighted by Crippen LogP contribution is -2.50. The van der Waals surface area contributed by atoms with Crippen LogP contribution in [0.3, 0.4) is 0 Å². The van der Waals surface area contributed by atoms with Crippen LogP contribution >= 0.6 is 0 Å². The van der Waals surface area contributed by atoms with E-state index in [0.29, 0.717) is 6.04 Å². The lowest BCUT2D eigenvalue weighted by Gasteiger charge is -2.36. The molecule has 1 aromatic carbocycles. The maximum atomic E-state index is 13.2. The summed E-state index contributed by atoms with van der Waals surface area (Å²) in [5.74, 6) is -0.152. The van der Waals surface area contributed by atoms with Crippen molar-refractivity contribution in [3.8, 4) is 0 Å². The van der Waals surface area contributed by atoms with Gasteiger partial charge in [0.15, 0.2) is 0 Å². The number of rotatable bonds is 1. The third-order valence-corrected chi connectivity index (χ3v) is 2.98. The number of anilines is 1. The standard InChI is InChI=1S/C12H17FN2/c1-9-3-4-11(13)7-12(9)15-6-5-14-8-10(15)2/h3-4,7,10,14H,5-6,8H2,1-2H3/t10-/m0/s1. The normalized spacial score (nSPS) is 21.8. The van der Waals surface area contributed by atoms with E-state index in [1.807, 2.05) is 13.0 Å². The van der Waals surface area contributed by atoms with Crippen molar-refractivity contribution >= 4 is 5.69 Å². The van der Waals surface area contributed by atoms with Crippen LogP contribution in [0, 0.1) is 12.7 Å². The van der Waals surface area contributed by atoms with Gasteiger partial charge in [-0.25, -0.2) is 4.39 Å². The second kappa shape index (κ2) is 4.19. The molecule has 1 N–H and O–H groups in total. The van der Waals surface area contributed by atoms with Crippen LogP contribution in [-0.4, -0.2) is 25.7 Å². The fourth-order valence-corrected chi connectivity index (χ4v) is 2.09. The first kappa shape index (κ1) is 10.4. The Balaban J connectivity index is 2.30. The zero-order valence-electron chi connectivity index (χ0n) is 9.26. The Bertz CT molecular complexity index is 351. The van der Waals surface area contributed by atoms with Gasteiger partial charge in [-0.3, -0.25) is 0 Å². The monoisotopic (exact) mass is 208 g/mol. The number of piperazine rings is 1. The van der Waals surface area contributed by atoms with Crippen LogP contribution in [-0.2, 0) is 0 Å². The molecule has 0 unspecified atom stereocenters. The molecule has 82 valence electrons. The van der Waals surface area contributed by atoms with E-state index in [1.165, 1.54) is 6.07 Å². The SMILES string of the molecule is Cc1ccc(F)cc1N1CCNC[C@@H]1C. The van der Waals surface area contributed by atoms with Gasteiger partial charge < -0.3 is 10.2 Å². The summed E-state index contributed by atoms with van der Waals surface area (Å²) in [6.07, 6.45) is 0. The molecule has 0 spiro atoms. The highest BCUT2D eigenvalue weighted by atomic mass is 19.1. The Morgan fingerprint density at radius 1 is 1.47 bits per heavy atom. The van der Waals surface area contributed by atoms with Crippen LogP contribution in [0.1, 0.15) is 12.5 Å². The summed E-state index contributed by atoms with van der Waals surface area (Å²) < 4.78 is 13.2. The minimum absolute atomic E-state index is 0.152. The molecule has 0 saturated carbocycles. The lowest BCUT2D eigenvalue weighted by atomic mass is 10.1. The van der Waals surface area contributed by atoms with Crippen LogP contribution in [0.15, 0.2) is 18.2 Å². The smallest absolute Gasteiger partial charge is 0.125 e. The van der Waals surface area contributed by atoms with Crippen molar-refractivity contribution < 1.29 is 4.39 Å². The molecule has 0 radical (unpaired) electrons. The van der Waals surface area contributed by atoms with Crippen molar-refractivity contribution in [2.75, 3.05) is 24.5 Å². The van der Waals surface area contributed by atoms with Crippen LogP contribution in [0.5, 0.6) is 0 Å². The average Bonchev–Trinajstić information content (AvgIpc) is 2.23. The summed E-state index contributed by atoms with van der Waals surface area (Å²) in [6, 6.07) is 5.43. The molecule has 1 aliphatic heterocycles. The van der Waals surface area contributed by atoms with Crippen molar-refractivity contribution in [1.82, 2.24) is 5.32 Å². The molecule has 1 saturated heterocycles. The van der Waals surface area contributed by atoms with Crippen LogP contribution in [0.2, 0.25) is 0 Å². The summed E-state index contributed by atoms with van der Waals surface area (Å²) in [4.78, 5) is 2.27. The van der Waals surface area contributed by atoms with Gasteiger partial charge in [-0.15, -0.1) is 0 Å². The number of nitrogens with one attached hydrogen (secondary N) is 1. The minimum atomic E-state index is -0.152. The molecule has 1 fully saturated rings. The molecule has 0 amide bonds. The van der Waals surface area contributed by atoms with Crippen molar-refractivity contribution in [1.29, 1.82) is 0 Å². The average molecular weight is 208 g/mol. The molecule has 0 bridgehead atoms. The van der Waals surface area contributed by atoms with Crippen LogP contribution in [0.4, 0.5) is 10.1 Å². The Hall–Kier alpha value is -1.09. The van der Waals surface area contributed by atoms with E-state index in [9.17, 15) is 4.39 Å². The van der Waals surface area contributed by atoms with E-state index in [1.54, 1.807) is 6.07 Å². The summed E-state index contributed by atoms with van der Waals surface area (Å²) in [5, 5.41) is 3.33. The van der Waals surface area contributed by atoms with Gasteiger partial charge in [0.2, 0.25) is 0 Å². The number of aryl methyl sites for hydroxylation is 1. The largest absolute Gasteiger partial charge is 0.366 e. The topological polar surface area (TPSA) is 15.3 Å². The molecule has 0 aliphatic carbocycles. The molecule has 1 atom stereocenters. The number of benzene rings is 1. The van der Waals surface area contributed by atoms with E-state index in [-0.39, 0.29) is 5.82 Å². The quantitative estimate of drug-likeness (QED) is 0.758. The fourth-order valence-electron chi connectivity index (χ4n) is 2.09. The summed E-state index contributed by atoms with van der Waals surface area (Å²) >= 11 is 0. The number of halogens is 1. The zero-order chi connectivity index (χ0) is 10.8. The molecular formula is C12H17FN2. The van der Waals surface area contributed by atoms with Gasteiger partial charge >= 0.3 is 0 Å². The first-order valence-electron chi connectivity index (χ1n) is 5.42. The molecule has 2 nitrogen and oxygen atoms in total. The summed E-state index contributed by atoms with van der Waals surface area (Å²) in [6.45, 7) is 7.09. The molecule has 0 aromatic heterocycles.